The van der Waals surface area contributed by atoms with Crippen LogP contribution in [0.5, 0.6) is 0 Å². The number of aryl methyl sites for hydroxylation is 1. The molecule has 0 saturated carbocycles. The van der Waals surface area contributed by atoms with Crippen LogP contribution in [-0.2, 0) is 18.4 Å². The minimum absolute atomic E-state index is 0.242. The summed E-state index contributed by atoms with van der Waals surface area (Å²) in [6, 6.07) is 0. The zero-order chi connectivity index (χ0) is 12.4. The van der Waals surface area contributed by atoms with Crippen molar-refractivity contribution in [2.24, 2.45) is 13.0 Å². The zero-order valence-electron chi connectivity index (χ0n) is 10.4. The molecule has 2 rings (SSSR count). The van der Waals surface area contributed by atoms with Crippen molar-refractivity contribution in [1.29, 1.82) is 0 Å². The summed E-state index contributed by atoms with van der Waals surface area (Å²) in [5, 5.41) is 15.0. The first-order valence-electron chi connectivity index (χ1n) is 6.10. The molecule has 1 fully saturated rings. The maximum absolute atomic E-state index is 10.7. The van der Waals surface area contributed by atoms with Crippen molar-refractivity contribution in [2.45, 2.75) is 26.3 Å². The molecule has 0 atom stereocenters. The molecule has 2 heterocycles. The number of aromatic nitrogens is 2. The number of likely N-dealkylation sites (tertiary alicyclic amines) is 1. The summed E-state index contributed by atoms with van der Waals surface area (Å²) in [6.07, 6.45) is 3.38. The molecule has 94 valence electrons. The fourth-order valence-electron chi connectivity index (χ4n) is 2.43. The van der Waals surface area contributed by atoms with Crippen molar-refractivity contribution in [3.63, 3.8) is 0 Å². The van der Waals surface area contributed by atoms with Crippen molar-refractivity contribution >= 4 is 5.97 Å². The van der Waals surface area contributed by atoms with Gasteiger partial charge in [-0.05, 0) is 6.92 Å². The zero-order valence-corrected chi connectivity index (χ0v) is 10.4. The molecule has 0 unspecified atom stereocenters. The SMILES string of the molecule is Cc1c(C[NH+]2CCC(C(=O)[O-])CC2)cnn1C. The highest BCUT2D eigenvalue weighted by atomic mass is 16.4. The number of hydrogen-bond acceptors (Lipinski definition) is 3. The summed E-state index contributed by atoms with van der Waals surface area (Å²) in [5.41, 5.74) is 2.45. The number of carbonyl (C=O) groups excluding carboxylic acids is 1. The van der Waals surface area contributed by atoms with Gasteiger partial charge in [-0.3, -0.25) is 4.68 Å². The molecule has 1 aliphatic rings. The number of rotatable bonds is 3. The largest absolute Gasteiger partial charge is 0.550 e. The molecule has 1 aliphatic heterocycles. The van der Waals surface area contributed by atoms with Crippen LogP contribution < -0.4 is 10.0 Å². The Morgan fingerprint density at radius 3 is 2.71 bits per heavy atom. The lowest BCUT2D eigenvalue weighted by Gasteiger charge is -2.29. The van der Waals surface area contributed by atoms with Crippen LogP contribution in [0.15, 0.2) is 6.20 Å². The molecule has 5 heteroatoms. The van der Waals surface area contributed by atoms with Crippen LogP contribution in [0.25, 0.3) is 0 Å². The predicted octanol–water partition coefficient (Wildman–Crippen LogP) is -1.73. The third-order valence-corrected chi connectivity index (χ3v) is 3.80. The van der Waals surface area contributed by atoms with E-state index in [2.05, 4.69) is 12.0 Å². The molecule has 17 heavy (non-hydrogen) atoms. The summed E-state index contributed by atoms with van der Waals surface area (Å²) < 4.78 is 1.88. The lowest BCUT2D eigenvalue weighted by Crippen LogP contribution is -3.11. The van der Waals surface area contributed by atoms with Crippen molar-refractivity contribution in [2.75, 3.05) is 13.1 Å². The molecule has 5 nitrogen and oxygen atoms in total. The Kier molecular flexibility index (Phi) is 3.47. The molecule has 0 radical (unpaired) electrons. The summed E-state index contributed by atoms with van der Waals surface area (Å²) in [5.74, 6) is -1.13. The average Bonchev–Trinajstić information content (AvgIpc) is 2.62. The number of quaternary nitrogens is 1. The van der Waals surface area contributed by atoms with E-state index >= 15 is 0 Å². The topological polar surface area (TPSA) is 62.4 Å². The normalized spacial score (nSPS) is 24.8. The average molecular weight is 237 g/mol. The molecule has 1 N–H and O–H groups in total. The van der Waals surface area contributed by atoms with Crippen molar-refractivity contribution < 1.29 is 14.8 Å². The molecule has 0 spiro atoms. The number of carboxylic acid groups (broad SMARTS) is 1. The van der Waals surface area contributed by atoms with Gasteiger partial charge in [0.25, 0.3) is 0 Å². The third kappa shape index (κ3) is 2.66. The molecule has 0 bridgehead atoms. The first-order valence-corrected chi connectivity index (χ1v) is 6.10. The predicted molar refractivity (Wildman–Crippen MR) is 60.1 cm³/mol. The molecule has 1 aromatic rings. The highest BCUT2D eigenvalue weighted by molar-refractivity contribution is 5.67. The number of nitrogens with zero attached hydrogens (tertiary/aromatic N) is 2. The van der Waals surface area contributed by atoms with Crippen LogP contribution in [0.4, 0.5) is 0 Å². The number of piperidine rings is 1. The molecule has 0 amide bonds. The molecule has 1 saturated heterocycles. The van der Waals surface area contributed by atoms with Gasteiger partial charge in [0.05, 0.1) is 19.3 Å². The van der Waals surface area contributed by atoms with Gasteiger partial charge < -0.3 is 14.8 Å². The van der Waals surface area contributed by atoms with E-state index in [-0.39, 0.29) is 5.92 Å². The highest BCUT2D eigenvalue weighted by Crippen LogP contribution is 2.09. The van der Waals surface area contributed by atoms with E-state index in [1.165, 1.54) is 16.2 Å². The lowest BCUT2D eigenvalue weighted by atomic mass is 9.97. The maximum atomic E-state index is 10.7. The molecule has 0 aliphatic carbocycles. The van der Waals surface area contributed by atoms with E-state index in [4.69, 9.17) is 0 Å². The monoisotopic (exact) mass is 237 g/mol. The van der Waals surface area contributed by atoms with E-state index in [0.717, 1.165) is 32.5 Å². The fraction of sp³-hybridized carbons (Fsp3) is 0.667. The fourth-order valence-corrected chi connectivity index (χ4v) is 2.43. The summed E-state index contributed by atoms with van der Waals surface area (Å²) >= 11 is 0. The van der Waals surface area contributed by atoms with Crippen molar-refractivity contribution in [3.8, 4) is 0 Å². The highest BCUT2D eigenvalue weighted by Gasteiger charge is 2.23. The standard InChI is InChI=1S/C12H19N3O2/c1-9-11(7-13-14(9)2)8-15-5-3-10(4-6-15)12(16)17/h7,10H,3-6,8H2,1-2H3,(H,16,17). The number of aliphatic carboxylic acids is 1. The van der Waals surface area contributed by atoms with E-state index in [1.54, 1.807) is 0 Å². The van der Waals surface area contributed by atoms with E-state index in [1.807, 2.05) is 17.9 Å². The first kappa shape index (κ1) is 12.1. The van der Waals surface area contributed by atoms with Gasteiger partial charge in [0.15, 0.2) is 0 Å². The van der Waals surface area contributed by atoms with E-state index in [9.17, 15) is 9.90 Å². The second kappa shape index (κ2) is 4.87. The lowest BCUT2D eigenvalue weighted by molar-refractivity contribution is -0.919. The summed E-state index contributed by atoms with van der Waals surface area (Å²) in [7, 11) is 1.94. The molecular weight excluding hydrogens is 218 g/mol. The van der Waals surface area contributed by atoms with E-state index in [0.29, 0.717) is 0 Å². The number of carbonyl (C=O) groups is 1. The number of nitrogens with one attached hydrogen (secondary N) is 1. The Hall–Kier alpha value is -1.36. The van der Waals surface area contributed by atoms with Crippen LogP contribution in [0.3, 0.4) is 0 Å². The van der Waals surface area contributed by atoms with Gasteiger partial charge in [-0.2, -0.15) is 5.10 Å². The summed E-state index contributed by atoms with van der Waals surface area (Å²) in [4.78, 5) is 12.2. The smallest absolute Gasteiger partial charge is 0.106 e. The second-order valence-corrected chi connectivity index (χ2v) is 4.90. The van der Waals surface area contributed by atoms with Gasteiger partial charge in [0, 0.05) is 43.0 Å². The second-order valence-electron chi connectivity index (χ2n) is 4.90. The first-order chi connectivity index (χ1) is 8.08. The Balaban J connectivity index is 1.90. The molecular formula is C12H19N3O2. The van der Waals surface area contributed by atoms with Crippen LogP contribution in [0, 0.1) is 12.8 Å². The minimum atomic E-state index is -0.887. The van der Waals surface area contributed by atoms with Crippen molar-refractivity contribution in [1.82, 2.24) is 9.78 Å². The molecule has 0 aromatic carbocycles. The van der Waals surface area contributed by atoms with Gasteiger partial charge >= 0.3 is 0 Å². The quantitative estimate of drug-likeness (QED) is 0.680. The number of carboxylic acids is 1. The molecule has 1 aromatic heterocycles. The summed E-state index contributed by atoms with van der Waals surface area (Å²) in [6.45, 7) is 4.83. The van der Waals surface area contributed by atoms with Gasteiger partial charge in [-0.15, -0.1) is 0 Å². The van der Waals surface area contributed by atoms with Gasteiger partial charge in [-0.1, -0.05) is 0 Å². The van der Waals surface area contributed by atoms with Crippen LogP contribution in [-0.4, -0.2) is 28.8 Å². The van der Waals surface area contributed by atoms with Gasteiger partial charge in [-0.25, -0.2) is 0 Å². The van der Waals surface area contributed by atoms with Crippen LogP contribution >= 0.6 is 0 Å². The van der Waals surface area contributed by atoms with Crippen molar-refractivity contribution in [3.05, 3.63) is 17.5 Å². The van der Waals surface area contributed by atoms with Gasteiger partial charge in [0.2, 0.25) is 0 Å². The van der Waals surface area contributed by atoms with Crippen LogP contribution in [0.1, 0.15) is 24.1 Å². The Morgan fingerprint density at radius 1 is 1.59 bits per heavy atom. The Labute approximate surface area is 101 Å². The number of hydrogen-bond donors (Lipinski definition) is 1. The maximum Gasteiger partial charge on any atom is 0.106 e. The Bertz CT molecular complexity index is 406. The van der Waals surface area contributed by atoms with Crippen LogP contribution in [0.2, 0.25) is 0 Å². The Morgan fingerprint density at radius 2 is 2.24 bits per heavy atom. The minimum Gasteiger partial charge on any atom is -0.550 e. The van der Waals surface area contributed by atoms with Gasteiger partial charge in [0.1, 0.15) is 6.54 Å². The van der Waals surface area contributed by atoms with E-state index < -0.39 is 5.97 Å². The third-order valence-electron chi connectivity index (χ3n) is 3.80.